The molecular formula is C14H17ClO2S. The van der Waals surface area contributed by atoms with Crippen molar-refractivity contribution in [2.24, 2.45) is 0 Å². The Bertz CT molecular complexity index is 469. The molecule has 0 fully saturated rings. The summed E-state index contributed by atoms with van der Waals surface area (Å²) >= 11 is 6.22. The van der Waals surface area contributed by atoms with Crippen LogP contribution < -0.4 is 0 Å². The fourth-order valence-corrected chi connectivity index (χ4v) is 3.74. The maximum atomic E-state index is 12.3. The number of aryl methyl sites for hydroxylation is 1. The molecule has 0 aliphatic heterocycles. The Morgan fingerprint density at radius 1 is 1.39 bits per heavy atom. The monoisotopic (exact) mass is 284 g/mol. The van der Waals surface area contributed by atoms with E-state index in [1.54, 1.807) is 18.2 Å². The first kappa shape index (κ1) is 13.8. The molecule has 98 valence electrons. The van der Waals surface area contributed by atoms with Gasteiger partial charge in [0, 0.05) is 4.90 Å². The van der Waals surface area contributed by atoms with Gasteiger partial charge in [-0.3, -0.25) is 4.21 Å². The molecule has 0 spiro atoms. The standard InChI is InChI=1S/C14H17ClO2S/c1-11-5-7-12(8-6-11)18(17)13(15)14(16)9-3-2-4-10-14/h3,5-9,13,16H,2,4,10H2,1H3/t13-,14?,18+/m0/s1. The number of halogens is 1. The van der Waals surface area contributed by atoms with Gasteiger partial charge in [0.2, 0.25) is 0 Å². The molecule has 3 atom stereocenters. The lowest BCUT2D eigenvalue weighted by molar-refractivity contribution is 0.0892. The van der Waals surface area contributed by atoms with Crippen LogP contribution in [0.5, 0.6) is 0 Å². The van der Waals surface area contributed by atoms with Crippen molar-refractivity contribution >= 4 is 22.4 Å². The van der Waals surface area contributed by atoms with Gasteiger partial charge in [-0.25, -0.2) is 0 Å². The molecule has 4 heteroatoms. The van der Waals surface area contributed by atoms with Crippen LogP contribution in [-0.2, 0) is 10.8 Å². The Hall–Kier alpha value is -0.640. The van der Waals surface area contributed by atoms with E-state index in [2.05, 4.69) is 0 Å². The van der Waals surface area contributed by atoms with Gasteiger partial charge in [-0.2, -0.15) is 0 Å². The molecule has 0 saturated carbocycles. The smallest absolute Gasteiger partial charge is 0.145 e. The van der Waals surface area contributed by atoms with E-state index < -0.39 is 21.1 Å². The molecule has 2 rings (SSSR count). The van der Waals surface area contributed by atoms with Gasteiger partial charge < -0.3 is 5.11 Å². The lowest BCUT2D eigenvalue weighted by Crippen LogP contribution is -2.40. The number of aliphatic hydroxyl groups is 1. The summed E-state index contributed by atoms with van der Waals surface area (Å²) in [4.78, 5) is 0.660. The summed E-state index contributed by atoms with van der Waals surface area (Å²) in [6.45, 7) is 1.97. The largest absolute Gasteiger partial charge is 0.383 e. The van der Waals surface area contributed by atoms with Gasteiger partial charge in [0.25, 0.3) is 0 Å². The number of benzene rings is 1. The zero-order valence-electron chi connectivity index (χ0n) is 10.3. The van der Waals surface area contributed by atoms with E-state index in [-0.39, 0.29) is 0 Å². The zero-order valence-corrected chi connectivity index (χ0v) is 11.9. The summed E-state index contributed by atoms with van der Waals surface area (Å²) in [5.74, 6) is 0. The lowest BCUT2D eigenvalue weighted by Gasteiger charge is -2.31. The quantitative estimate of drug-likeness (QED) is 0.684. The number of hydrogen-bond acceptors (Lipinski definition) is 2. The molecule has 1 aromatic rings. The number of hydrogen-bond donors (Lipinski definition) is 1. The molecular weight excluding hydrogens is 268 g/mol. The van der Waals surface area contributed by atoms with E-state index in [1.165, 1.54) is 0 Å². The second kappa shape index (κ2) is 5.55. The molecule has 0 heterocycles. The third kappa shape index (κ3) is 2.85. The van der Waals surface area contributed by atoms with Gasteiger partial charge in [-0.1, -0.05) is 29.8 Å². The minimum Gasteiger partial charge on any atom is -0.383 e. The predicted octanol–water partition coefficient (Wildman–Crippen LogP) is 3.14. The maximum Gasteiger partial charge on any atom is 0.145 e. The molecule has 1 N–H and O–H groups in total. The Morgan fingerprint density at radius 3 is 2.61 bits per heavy atom. The van der Waals surface area contributed by atoms with Crippen LogP contribution >= 0.6 is 11.6 Å². The maximum absolute atomic E-state index is 12.3. The number of alkyl halides is 1. The van der Waals surface area contributed by atoms with Gasteiger partial charge in [0.1, 0.15) is 10.3 Å². The molecule has 0 bridgehead atoms. The molecule has 1 unspecified atom stereocenters. The molecule has 1 aromatic carbocycles. The minimum atomic E-state index is -1.41. The van der Waals surface area contributed by atoms with E-state index >= 15 is 0 Å². The Labute approximate surface area is 115 Å². The van der Waals surface area contributed by atoms with Crippen LogP contribution in [0.4, 0.5) is 0 Å². The summed E-state index contributed by atoms with van der Waals surface area (Å²) in [6.07, 6.45) is 5.99. The average molecular weight is 285 g/mol. The molecule has 0 amide bonds. The van der Waals surface area contributed by atoms with Crippen LogP contribution in [0.1, 0.15) is 24.8 Å². The SMILES string of the molecule is Cc1ccc([S@@](=O)[C@H](Cl)C2(O)C=CCCC2)cc1. The minimum absolute atomic E-state index is 0.565. The first-order valence-corrected chi connectivity index (χ1v) is 7.69. The van der Waals surface area contributed by atoms with Crippen molar-refractivity contribution < 1.29 is 9.32 Å². The molecule has 0 saturated heterocycles. The summed E-state index contributed by atoms with van der Waals surface area (Å²) < 4.78 is 11.5. The fraction of sp³-hybridized carbons (Fsp3) is 0.429. The first-order valence-electron chi connectivity index (χ1n) is 6.04. The van der Waals surface area contributed by atoms with Gasteiger partial charge >= 0.3 is 0 Å². The molecule has 1 aliphatic rings. The molecule has 18 heavy (non-hydrogen) atoms. The summed E-state index contributed by atoms with van der Waals surface area (Å²) in [5, 5.41) is 10.4. The van der Waals surface area contributed by atoms with Crippen molar-refractivity contribution in [3.05, 3.63) is 42.0 Å². The number of rotatable bonds is 3. The van der Waals surface area contributed by atoms with E-state index in [0.29, 0.717) is 11.3 Å². The molecule has 2 nitrogen and oxygen atoms in total. The lowest BCUT2D eigenvalue weighted by atomic mass is 9.93. The zero-order chi connectivity index (χ0) is 13.2. The summed E-state index contributed by atoms with van der Waals surface area (Å²) in [7, 11) is -1.41. The van der Waals surface area contributed by atoms with Crippen LogP contribution in [-0.4, -0.2) is 19.6 Å². The normalized spacial score (nSPS) is 26.8. The second-order valence-corrected chi connectivity index (χ2v) is 6.95. The third-order valence-corrected chi connectivity index (χ3v) is 5.57. The molecule has 0 aromatic heterocycles. The highest BCUT2D eigenvalue weighted by Gasteiger charge is 2.38. The molecule has 0 radical (unpaired) electrons. The Balaban J connectivity index is 2.20. The second-order valence-electron chi connectivity index (χ2n) is 4.71. The van der Waals surface area contributed by atoms with E-state index in [4.69, 9.17) is 11.6 Å². The topological polar surface area (TPSA) is 37.3 Å². The van der Waals surface area contributed by atoms with Crippen molar-refractivity contribution in [3.63, 3.8) is 0 Å². The highest BCUT2D eigenvalue weighted by molar-refractivity contribution is 7.87. The molecule has 1 aliphatic carbocycles. The van der Waals surface area contributed by atoms with Crippen LogP contribution in [0, 0.1) is 6.92 Å². The summed E-state index contributed by atoms with van der Waals surface area (Å²) in [5.41, 5.74) is -0.0478. The van der Waals surface area contributed by atoms with Crippen LogP contribution in [0.25, 0.3) is 0 Å². The summed E-state index contributed by atoms with van der Waals surface area (Å²) in [6, 6.07) is 7.41. The van der Waals surface area contributed by atoms with Gasteiger partial charge in [0.15, 0.2) is 0 Å². The highest BCUT2D eigenvalue weighted by Crippen LogP contribution is 2.32. The van der Waals surface area contributed by atoms with Crippen LogP contribution in [0.3, 0.4) is 0 Å². The van der Waals surface area contributed by atoms with Gasteiger partial charge in [-0.05, 0) is 38.3 Å². The van der Waals surface area contributed by atoms with Crippen LogP contribution in [0.2, 0.25) is 0 Å². The van der Waals surface area contributed by atoms with Crippen molar-refractivity contribution in [2.75, 3.05) is 0 Å². The van der Waals surface area contributed by atoms with Crippen molar-refractivity contribution in [1.82, 2.24) is 0 Å². The Morgan fingerprint density at radius 2 is 2.06 bits per heavy atom. The fourth-order valence-electron chi connectivity index (χ4n) is 2.04. The van der Waals surface area contributed by atoms with E-state index in [1.807, 2.05) is 25.1 Å². The third-order valence-electron chi connectivity index (χ3n) is 3.19. The average Bonchev–Trinajstić information content (AvgIpc) is 2.39. The predicted molar refractivity (Wildman–Crippen MR) is 75.2 cm³/mol. The highest BCUT2D eigenvalue weighted by atomic mass is 35.5. The first-order chi connectivity index (χ1) is 8.53. The van der Waals surface area contributed by atoms with Gasteiger partial charge in [0.05, 0.1) is 10.8 Å². The van der Waals surface area contributed by atoms with E-state index in [0.717, 1.165) is 18.4 Å². The van der Waals surface area contributed by atoms with Crippen LogP contribution in [0.15, 0.2) is 41.3 Å². The van der Waals surface area contributed by atoms with E-state index in [9.17, 15) is 9.32 Å². The van der Waals surface area contributed by atoms with Crippen molar-refractivity contribution in [3.8, 4) is 0 Å². The van der Waals surface area contributed by atoms with Crippen molar-refractivity contribution in [1.29, 1.82) is 0 Å². The van der Waals surface area contributed by atoms with Crippen molar-refractivity contribution in [2.45, 2.75) is 41.4 Å². The van der Waals surface area contributed by atoms with Gasteiger partial charge in [-0.15, -0.1) is 11.6 Å². The number of allylic oxidation sites excluding steroid dienone is 1. The Kier molecular flexibility index (Phi) is 4.25.